The maximum Gasteiger partial charge on any atom is 0.318 e. The second-order valence-electron chi connectivity index (χ2n) is 3.75. The first-order valence-electron chi connectivity index (χ1n) is 4.39. The van der Waals surface area contributed by atoms with Gasteiger partial charge in [0.15, 0.2) is 0 Å². The number of carboxylic acid groups (broad SMARTS) is 1. The van der Waals surface area contributed by atoms with Crippen LogP contribution in [0.2, 0.25) is 0 Å². The van der Waals surface area contributed by atoms with Gasteiger partial charge in [0.25, 0.3) is 0 Å². The van der Waals surface area contributed by atoms with Crippen molar-refractivity contribution in [3.63, 3.8) is 0 Å². The number of nitrogens with one attached hydrogen (secondary N) is 1. The summed E-state index contributed by atoms with van der Waals surface area (Å²) in [4.78, 5) is 23.4. The topological polar surface area (TPSA) is 69.6 Å². The largest absolute Gasteiger partial charge is 0.481 e. The SMILES string of the molecule is CC1CN(C2CC2C(=O)O)C(=O)N1. The van der Waals surface area contributed by atoms with E-state index < -0.39 is 5.97 Å². The molecule has 5 nitrogen and oxygen atoms in total. The minimum atomic E-state index is -0.794. The lowest BCUT2D eigenvalue weighted by Crippen LogP contribution is -2.32. The maximum atomic E-state index is 11.3. The van der Waals surface area contributed by atoms with Gasteiger partial charge < -0.3 is 15.3 Å². The third kappa shape index (κ3) is 1.34. The normalized spacial score (nSPS) is 37.5. The van der Waals surface area contributed by atoms with Gasteiger partial charge in [-0.3, -0.25) is 4.79 Å². The highest BCUT2D eigenvalue weighted by Crippen LogP contribution is 2.37. The van der Waals surface area contributed by atoms with E-state index in [1.807, 2.05) is 6.92 Å². The lowest BCUT2D eigenvalue weighted by atomic mass is 10.3. The van der Waals surface area contributed by atoms with E-state index in [4.69, 9.17) is 5.11 Å². The molecule has 0 aromatic carbocycles. The van der Waals surface area contributed by atoms with Gasteiger partial charge >= 0.3 is 12.0 Å². The summed E-state index contributed by atoms with van der Waals surface area (Å²) in [5, 5.41) is 11.4. The number of carbonyl (C=O) groups excluding carboxylic acids is 1. The minimum absolute atomic E-state index is 0.0672. The van der Waals surface area contributed by atoms with Gasteiger partial charge in [0.05, 0.1) is 5.92 Å². The van der Waals surface area contributed by atoms with Crippen molar-refractivity contribution in [2.24, 2.45) is 5.92 Å². The van der Waals surface area contributed by atoms with Crippen molar-refractivity contribution in [3.05, 3.63) is 0 Å². The molecule has 0 bridgehead atoms. The van der Waals surface area contributed by atoms with Crippen molar-refractivity contribution in [2.45, 2.75) is 25.4 Å². The van der Waals surface area contributed by atoms with Crippen molar-refractivity contribution in [1.29, 1.82) is 0 Å². The lowest BCUT2D eigenvalue weighted by Gasteiger charge is -2.12. The quantitative estimate of drug-likeness (QED) is 0.628. The molecule has 2 fully saturated rings. The Morgan fingerprint density at radius 1 is 1.69 bits per heavy atom. The Hall–Kier alpha value is -1.26. The molecule has 72 valence electrons. The summed E-state index contributed by atoms with van der Waals surface area (Å²) in [5.41, 5.74) is 0. The Morgan fingerprint density at radius 3 is 2.77 bits per heavy atom. The van der Waals surface area contributed by atoms with E-state index in [2.05, 4.69) is 5.32 Å². The number of aliphatic carboxylic acids is 1. The number of hydrogen-bond donors (Lipinski definition) is 2. The Kier molecular flexibility index (Phi) is 1.68. The smallest absolute Gasteiger partial charge is 0.318 e. The molecule has 3 unspecified atom stereocenters. The first-order chi connectivity index (χ1) is 6.09. The van der Waals surface area contributed by atoms with Gasteiger partial charge in [0.1, 0.15) is 0 Å². The van der Waals surface area contributed by atoms with Gasteiger partial charge in [0.2, 0.25) is 0 Å². The Bertz CT molecular complexity index is 266. The van der Waals surface area contributed by atoms with Crippen LogP contribution in [-0.2, 0) is 4.79 Å². The molecule has 1 heterocycles. The summed E-state index contributed by atoms with van der Waals surface area (Å²) >= 11 is 0. The highest BCUT2D eigenvalue weighted by molar-refractivity contribution is 5.81. The maximum absolute atomic E-state index is 11.3. The van der Waals surface area contributed by atoms with E-state index in [0.29, 0.717) is 13.0 Å². The predicted octanol–water partition coefficient (Wildman–Crippen LogP) is -0.127. The van der Waals surface area contributed by atoms with Crippen LogP contribution >= 0.6 is 0 Å². The highest BCUT2D eigenvalue weighted by atomic mass is 16.4. The van der Waals surface area contributed by atoms with E-state index in [-0.39, 0.29) is 24.0 Å². The van der Waals surface area contributed by atoms with Gasteiger partial charge in [-0.15, -0.1) is 0 Å². The van der Waals surface area contributed by atoms with E-state index >= 15 is 0 Å². The molecular formula is C8H12N2O3. The summed E-state index contributed by atoms with van der Waals surface area (Å²) < 4.78 is 0. The molecule has 1 aliphatic heterocycles. The van der Waals surface area contributed by atoms with Crippen molar-refractivity contribution in [2.75, 3.05) is 6.54 Å². The second kappa shape index (κ2) is 2.61. The molecule has 1 saturated carbocycles. The fourth-order valence-corrected chi connectivity index (χ4v) is 1.79. The predicted molar refractivity (Wildman–Crippen MR) is 44.2 cm³/mol. The van der Waals surface area contributed by atoms with Crippen LogP contribution in [0.3, 0.4) is 0 Å². The van der Waals surface area contributed by atoms with Gasteiger partial charge in [0, 0.05) is 18.6 Å². The summed E-state index contributed by atoms with van der Waals surface area (Å²) in [5.74, 6) is -1.13. The molecule has 13 heavy (non-hydrogen) atoms. The Balaban J connectivity index is 1.97. The molecule has 1 saturated heterocycles. The molecule has 2 N–H and O–H groups in total. The van der Waals surface area contributed by atoms with Crippen LogP contribution in [0.5, 0.6) is 0 Å². The van der Waals surface area contributed by atoms with Gasteiger partial charge in [-0.2, -0.15) is 0 Å². The number of rotatable bonds is 2. The van der Waals surface area contributed by atoms with Crippen LogP contribution in [-0.4, -0.2) is 40.6 Å². The monoisotopic (exact) mass is 184 g/mol. The summed E-state index contributed by atoms with van der Waals surface area (Å²) in [6.45, 7) is 2.54. The van der Waals surface area contributed by atoms with Crippen LogP contribution in [0.1, 0.15) is 13.3 Å². The molecular weight excluding hydrogens is 172 g/mol. The van der Waals surface area contributed by atoms with E-state index in [1.54, 1.807) is 4.90 Å². The zero-order valence-electron chi connectivity index (χ0n) is 7.36. The molecule has 0 aromatic heterocycles. The third-order valence-corrected chi connectivity index (χ3v) is 2.58. The second-order valence-corrected chi connectivity index (χ2v) is 3.75. The van der Waals surface area contributed by atoms with Crippen molar-refractivity contribution in [3.8, 4) is 0 Å². The molecule has 0 radical (unpaired) electrons. The molecule has 0 spiro atoms. The fraction of sp³-hybridized carbons (Fsp3) is 0.750. The standard InChI is InChI=1S/C8H12N2O3/c1-4-3-10(8(13)9-4)6-2-5(6)7(11)12/h4-6H,2-3H2,1H3,(H,9,13)(H,11,12). The highest BCUT2D eigenvalue weighted by Gasteiger charge is 2.50. The van der Waals surface area contributed by atoms with Gasteiger partial charge in [-0.25, -0.2) is 4.79 Å². The molecule has 0 aromatic rings. The lowest BCUT2D eigenvalue weighted by molar-refractivity contribution is -0.138. The molecule has 3 atom stereocenters. The average Bonchev–Trinajstić information content (AvgIpc) is 2.73. The zero-order chi connectivity index (χ0) is 9.59. The number of carboxylic acids is 1. The number of amides is 2. The average molecular weight is 184 g/mol. The Labute approximate surface area is 75.7 Å². The van der Waals surface area contributed by atoms with Gasteiger partial charge in [-0.1, -0.05) is 0 Å². The van der Waals surface area contributed by atoms with Crippen LogP contribution < -0.4 is 5.32 Å². The number of nitrogens with zero attached hydrogens (tertiary/aromatic N) is 1. The molecule has 2 aliphatic rings. The first-order valence-corrected chi connectivity index (χ1v) is 4.39. The van der Waals surface area contributed by atoms with E-state index in [0.717, 1.165) is 0 Å². The van der Waals surface area contributed by atoms with E-state index in [1.165, 1.54) is 0 Å². The first kappa shape index (κ1) is 8.34. The van der Waals surface area contributed by atoms with Crippen LogP contribution in [0.25, 0.3) is 0 Å². The molecule has 1 aliphatic carbocycles. The number of urea groups is 1. The molecule has 2 rings (SSSR count). The van der Waals surface area contributed by atoms with Crippen molar-refractivity contribution >= 4 is 12.0 Å². The van der Waals surface area contributed by atoms with Crippen LogP contribution in [0, 0.1) is 5.92 Å². The number of carbonyl (C=O) groups is 2. The zero-order valence-corrected chi connectivity index (χ0v) is 7.36. The van der Waals surface area contributed by atoms with Gasteiger partial charge in [-0.05, 0) is 13.3 Å². The summed E-state index contributed by atoms with van der Waals surface area (Å²) in [7, 11) is 0. The number of hydrogen-bond acceptors (Lipinski definition) is 2. The fourth-order valence-electron chi connectivity index (χ4n) is 1.79. The molecule has 5 heteroatoms. The van der Waals surface area contributed by atoms with Crippen molar-refractivity contribution < 1.29 is 14.7 Å². The third-order valence-electron chi connectivity index (χ3n) is 2.58. The van der Waals surface area contributed by atoms with E-state index in [9.17, 15) is 9.59 Å². The minimum Gasteiger partial charge on any atom is -0.481 e. The summed E-state index contributed by atoms with van der Waals surface area (Å²) in [6, 6.07) is -0.0498. The molecule has 2 amide bonds. The van der Waals surface area contributed by atoms with Crippen molar-refractivity contribution in [1.82, 2.24) is 10.2 Å². The Morgan fingerprint density at radius 2 is 2.38 bits per heavy atom. The van der Waals surface area contributed by atoms with Crippen LogP contribution in [0.15, 0.2) is 0 Å². The summed E-state index contributed by atoms with van der Waals surface area (Å²) in [6.07, 6.45) is 0.607. The van der Waals surface area contributed by atoms with Crippen LogP contribution in [0.4, 0.5) is 4.79 Å².